The van der Waals surface area contributed by atoms with Gasteiger partial charge in [0.15, 0.2) is 0 Å². The van der Waals surface area contributed by atoms with Crippen molar-refractivity contribution in [1.82, 2.24) is 10.3 Å². The number of hydrogen-bond acceptors (Lipinski definition) is 3. The van der Waals surface area contributed by atoms with E-state index in [2.05, 4.69) is 10.3 Å². The van der Waals surface area contributed by atoms with Crippen molar-refractivity contribution in [3.63, 3.8) is 0 Å². The van der Waals surface area contributed by atoms with Crippen LogP contribution in [0, 0.1) is 0 Å². The van der Waals surface area contributed by atoms with Crippen molar-refractivity contribution < 1.29 is 14.3 Å². The molecule has 2 N–H and O–H groups in total. The van der Waals surface area contributed by atoms with E-state index in [4.69, 9.17) is 16.3 Å². The predicted molar refractivity (Wildman–Crippen MR) is 81.6 cm³/mol. The Morgan fingerprint density at radius 2 is 2.00 bits per heavy atom. The summed E-state index contributed by atoms with van der Waals surface area (Å²) in [5.74, 6) is -0.925. The lowest BCUT2D eigenvalue weighted by Crippen LogP contribution is -2.33. The van der Waals surface area contributed by atoms with Crippen LogP contribution in [0.15, 0.2) is 42.6 Å². The molecule has 1 aromatic heterocycles. The molecule has 0 spiro atoms. The minimum Gasteiger partial charge on any atom is -0.443 e. The Kier molecular flexibility index (Phi) is 4.15. The van der Waals surface area contributed by atoms with E-state index in [1.54, 1.807) is 24.3 Å². The number of carbonyl (C=O) groups is 2. The molecule has 5 nitrogen and oxygen atoms in total. The van der Waals surface area contributed by atoms with Crippen LogP contribution in [0.5, 0.6) is 0 Å². The van der Waals surface area contributed by atoms with Crippen molar-refractivity contribution in [2.45, 2.75) is 25.0 Å². The average Bonchev–Trinajstić information content (AvgIpc) is 3.23. The highest BCUT2D eigenvalue weighted by Gasteiger charge is 2.31. The van der Waals surface area contributed by atoms with Gasteiger partial charge in [-0.2, -0.15) is 0 Å². The second-order valence-corrected chi connectivity index (χ2v) is 5.65. The number of aromatic amines is 1. The number of amides is 1. The first-order valence-electron chi connectivity index (χ1n) is 7.03. The van der Waals surface area contributed by atoms with Gasteiger partial charge in [0.2, 0.25) is 6.10 Å². The molecule has 6 heteroatoms. The maximum atomic E-state index is 12.3. The zero-order chi connectivity index (χ0) is 15.5. The topological polar surface area (TPSA) is 71.2 Å². The van der Waals surface area contributed by atoms with E-state index in [0.29, 0.717) is 10.6 Å². The van der Waals surface area contributed by atoms with Gasteiger partial charge >= 0.3 is 5.97 Å². The summed E-state index contributed by atoms with van der Waals surface area (Å²) in [5, 5.41) is 3.27. The summed E-state index contributed by atoms with van der Waals surface area (Å²) in [7, 11) is 0. The standard InChI is InChI=1S/C16H15ClN2O3/c17-11-8-13(18-9-11)16(21)22-14(10-4-2-1-3-5-10)15(20)19-12-6-7-12/h1-5,8-9,12,14,18H,6-7H2,(H,19,20)/t14-/m1/s1. The molecule has 114 valence electrons. The van der Waals surface area contributed by atoms with Crippen LogP contribution in [0.1, 0.15) is 35.0 Å². The maximum absolute atomic E-state index is 12.3. The van der Waals surface area contributed by atoms with E-state index >= 15 is 0 Å². The van der Waals surface area contributed by atoms with Crippen LogP contribution in [0.3, 0.4) is 0 Å². The van der Waals surface area contributed by atoms with E-state index in [1.165, 1.54) is 12.3 Å². The molecule has 1 saturated carbocycles. The summed E-state index contributed by atoms with van der Waals surface area (Å²) >= 11 is 5.78. The van der Waals surface area contributed by atoms with Crippen LogP contribution < -0.4 is 5.32 Å². The van der Waals surface area contributed by atoms with Crippen molar-refractivity contribution in [2.75, 3.05) is 0 Å². The Labute approximate surface area is 132 Å². The zero-order valence-electron chi connectivity index (χ0n) is 11.7. The fourth-order valence-electron chi connectivity index (χ4n) is 2.06. The number of hydrogen-bond donors (Lipinski definition) is 2. The van der Waals surface area contributed by atoms with Gasteiger partial charge in [0, 0.05) is 17.8 Å². The summed E-state index contributed by atoms with van der Waals surface area (Å²) in [6.45, 7) is 0. The van der Waals surface area contributed by atoms with E-state index in [9.17, 15) is 9.59 Å². The molecule has 1 aliphatic rings. The van der Waals surface area contributed by atoms with Crippen LogP contribution >= 0.6 is 11.6 Å². The lowest BCUT2D eigenvalue weighted by atomic mass is 10.1. The zero-order valence-corrected chi connectivity index (χ0v) is 12.5. The molecule has 1 aliphatic carbocycles. The smallest absolute Gasteiger partial charge is 0.355 e. The number of aromatic nitrogens is 1. The van der Waals surface area contributed by atoms with Crippen molar-refractivity contribution >= 4 is 23.5 Å². The Balaban J connectivity index is 1.78. The van der Waals surface area contributed by atoms with Crippen molar-refractivity contribution in [3.8, 4) is 0 Å². The number of rotatable bonds is 5. The minimum absolute atomic E-state index is 0.192. The molecular weight excluding hydrogens is 304 g/mol. The number of ether oxygens (including phenoxy) is 1. The lowest BCUT2D eigenvalue weighted by Gasteiger charge is -2.17. The second-order valence-electron chi connectivity index (χ2n) is 5.21. The van der Waals surface area contributed by atoms with Gasteiger partial charge in [-0.25, -0.2) is 4.79 Å². The van der Waals surface area contributed by atoms with Crippen molar-refractivity contribution in [1.29, 1.82) is 0 Å². The third kappa shape index (κ3) is 3.49. The molecule has 1 fully saturated rings. The third-order valence-electron chi connectivity index (χ3n) is 3.36. The number of carbonyl (C=O) groups excluding carboxylic acids is 2. The highest BCUT2D eigenvalue weighted by atomic mass is 35.5. The maximum Gasteiger partial charge on any atom is 0.355 e. The van der Waals surface area contributed by atoms with Crippen LogP contribution in [-0.4, -0.2) is 22.9 Å². The molecule has 0 saturated heterocycles. The molecule has 1 aromatic carbocycles. The van der Waals surface area contributed by atoms with Gasteiger partial charge in [0.1, 0.15) is 5.69 Å². The third-order valence-corrected chi connectivity index (χ3v) is 3.57. The molecule has 0 radical (unpaired) electrons. The van der Waals surface area contributed by atoms with Crippen LogP contribution in [0.2, 0.25) is 5.02 Å². The fourth-order valence-corrected chi connectivity index (χ4v) is 2.23. The molecule has 1 atom stereocenters. The number of esters is 1. The van der Waals surface area contributed by atoms with Crippen LogP contribution in [-0.2, 0) is 9.53 Å². The van der Waals surface area contributed by atoms with Gasteiger partial charge < -0.3 is 15.0 Å². The quantitative estimate of drug-likeness (QED) is 0.833. The predicted octanol–water partition coefficient (Wildman–Crippen LogP) is 2.84. The molecular formula is C16H15ClN2O3. The van der Waals surface area contributed by atoms with Crippen LogP contribution in [0.4, 0.5) is 0 Å². The molecule has 2 aromatic rings. The summed E-state index contributed by atoms with van der Waals surface area (Å²) in [6.07, 6.45) is 2.44. The Morgan fingerprint density at radius 1 is 1.27 bits per heavy atom. The first-order valence-corrected chi connectivity index (χ1v) is 7.41. The minimum atomic E-state index is -0.976. The highest BCUT2D eigenvalue weighted by molar-refractivity contribution is 6.30. The van der Waals surface area contributed by atoms with E-state index in [-0.39, 0.29) is 17.6 Å². The first kappa shape index (κ1) is 14.7. The number of halogens is 1. The largest absolute Gasteiger partial charge is 0.443 e. The van der Waals surface area contributed by atoms with Gasteiger partial charge in [0.25, 0.3) is 5.91 Å². The highest BCUT2D eigenvalue weighted by Crippen LogP contribution is 2.24. The van der Waals surface area contributed by atoms with Crippen LogP contribution in [0.25, 0.3) is 0 Å². The molecule has 22 heavy (non-hydrogen) atoms. The van der Waals surface area contributed by atoms with Crippen molar-refractivity contribution in [3.05, 3.63) is 58.9 Å². The Bertz CT molecular complexity index is 680. The van der Waals surface area contributed by atoms with Gasteiger partial charge in [-0.15, -0.1) is 0 Å². The van der Waals surface area contributed by atoms with E-state index in [1.807, 2.05) is 6.07 Å². The monoisotopic (exact) mass is 318 g/mol. The SMILES string of the molecule is O=C(O[C@@H](C(=O)NC1CC1)c1ccccc1)c1cc(Cl)c[nH]1. The summed E-state index contributed by atoms with van der Waals surface area (Å²) in [5.41, 5.74) is 0.844. The number of benzene rings is 1. The molecule has 3 rings (SSSR count). The molecule has 0 unspecified atom stereocenters. The second kappa shape index (κ2) is 6.23. The van der Waals surface area contributed by atoms with Crippen molar-refractivity contribution in [2.24, 2.45) is 0 Å². The first-order chi connectivity index (χ1) is 10.6. The van der Waals surface area contributed by atoms with Gasteiger partial charge in [-0.3, -0.25) is 4.79 Å². The average molecular weight is 319 g/mol. The summed E-state index contributed by atoms with van der Waals surface area (Å²) in [4.78, 5) is 27.2. The van der Waals surface area contributed by atoms with Gasteiger partial charge in [-0.1, -0.05) is 41.9 Å². The molecule has 0 aliphatic heterocycles. The van der Waals surface area contributed by atoms with E-state index in [0.717, 1.165) is 12.8 Å². The number of nitrogens with one attached hydrogen (secondary N) is 2. The molecule has 1 heterocycles. The molecule has 1 amide bonds. The lowest BCUT2D eigenvalue weighted by molar-refractivity contribution is -0.130. The van der Waals surface area contributed by atoms with Gasteiger partial charge in [0.05, 0.1) is 5.02 Å². The molecule has 0 bridgehead atoms. The van der Waals surface area contributed by atoms with Gasteiger partial charge in [-0.05, 0) is 18.9 Å². The Morgan fingerprint density at radius 3 is 2.59 bits per heavy atom. The Hall–Kier alpha value is -2.27. The summed E-state index contributed by atoms with van der Waals surface area (Å²) < 4.78 is 5.39. The normalized spacial score (nSPS) is 15.1. The fraction of sp³-hybridized carbons (Fsp3) is 0.250. The summed E-state index contributed by atoms with van der Waals surface area (Å²) in [6, 6.07) is 10.6. The van der Waals surface area contributed by atoms with E-state index < -0.39 is 12.1 Å². The number of H-pyrrole nitrogens is 1.